The van der Waals surface area contributed by atoms with E-state index >= 15 is 0 Å². The highest BCUT2D eigenvalue weighted by Gasteiger charge is 2.27. The zero-order valence-corrected chi connectivity index (χ0v) is 20.8. The Bertz CT molecular complexity index is 989. The SMILES string of the molecule is Cc1ccc(S(=O)(=O)N(CC(=O)NCCCOC2CCCCC2)c2cccc(Br)c2)cc1. The molecule has 1 aliphatic carbocycles. The van der Waals surface area contributed by atoms with Crippen LogP contribution in [-0.4, -0.2) is 40.1 Å². The maximum atomic E-state index is 13.4. The van der Waals surface area contributed by atoms with Gasteiger partial charge in [0.25, 0.3) is 10.0 Å². The Kier molecular flexibility index (Phi) is 9.13. The Labute approximate surface area is 199 Å². The second kappa shape index (κ2) is 11.8. The van der Waals surface area contributed by atoms with E-state index in [0.717, 1.165) is 27.2 Å². The minimum atomic E-state index is -3.91. The van der Waals surface area contributed by atoms with Crippen LogP contribution in [0.4, 0.5) is 5.69 Å². The lowest BCUT2D eigenvalue weighted by atomic mass is 9.98. The molecular weight excluding hydrogens is 492 g/mol. The van der Waals surface area contributed by atoms with Crippen molar-refractivity contribution in [2.24, 2.45) is 0 Å². The van der Waals surface area contributed by atoms with E-state index in [4.69, 9.17) is 4.74 Å². The van der Waals surface area contributed by atoms with Gasteiger partial charge < -0.3 is 10.1 Å². The van der Waals surface area contributed by atoms with Crippen molar-refractivity contribution in [2.75, 3.05) is 24.0 Å². The molecular formula is C24H31BrN2O4S. The summed E-state index contributed by atoms with van der Waals surface area (Å²) in [4.78, 5) is 12.8. The number of carbonyl (C=O) groups is 1. The number of rotatable bonds is 10. The van der Waals surface area contributed by atoms with Crippen LogP contribution in [0.3, 0.4) is 0 Å². The van der Waals surface area contributed by atoms with Crippen LogP contribution in [0.5, 0.6) is 0 Å². The summed E-state index contributed by atoms with van der Waals surface area (Å²) in [6, 6.07) is 13.6. The summed E-state index contributed by atoms with van der Waals surface area (Å²) in [5, 5.41) is 2.83. The van der Waals surface area contributed by atoms with E-state index in [9.17, 15) is 13.2 Å². The Morgan fingerprint density at radius 1 is 1.12 bits per heavy atom. The zero-order chi connectivity index (χ0) is 23.0. The fraction of sp³-hybridized carbons (Fsp3) is 0.458. The van der Waals surface area contributed by atoms with E-state index in [0.29, 0.717) is 31.4 Å². The molecule has 2 aromatic carbocycles. The third kappa shape index (κ3) is 7.05. The number of nitrogens with one attached hydrogen (secondary N) is 1. The molecule has 3 rings (SSSR count). The van der Waals surface area contributed by atoms with Gasteiger partial charge in [-0.3, -0.25) is 9.10 Å². The molecule has 32 heavy (non-hydrogen) atoms. The topological polar surface area (TPSA) is 75.7 Å². The fourth-order valence-electron chi connectivity index (χ4n) is 3.75. The lowest BCUT2D eigenvalue weighted by Crippen LogP contribution is -2.41. The second-order valence-corrected chi connectivity index (χ2v) is 10.9. The van der Waals surface area contributed by atoms with Gasteiger partial charge in [-0.25, -0.2) is 8.42 Å². The lowest BCUT2D eigenvalue weighted by molar-refractivity contribution is -0.119. The van der Waals surface area contributed by atoms with Gasteiger partial charge >= 0.3 is 0 Å². The van der Waals surface area contributed by atoms with Gasteiger partial charge in [0.1, 0.15) is 6.54 Å². The number of amides is 1. The number of anilines is 1. The molecule has 1 saturated carbocycles. The van der Waals surface area contributed by atoms with Crippen molar-refractivity contribution in [3.63, 3.8) is 0 Å². The number of benzene rings is 2. The van der Waals surface area contributed by atoms with Gasteiger partial charge in [-0.2, -0.15) is 0 Å². The number of carbonyl (C=O) groups excluding carboxylic acids is 1. The summed E-state index contributed by atoms with van der Waals surface area (Å²) in [5.41, 5.74) is 1.39. The Balaban J connectivity index is 1.62. The van der Waals surface area contributed by atoms with Crippen molar-refractivity contribution < 1.29 is 17.9 Å². The van der Waals surface area contributed by atoms with Crippen LogP contribution in [0.25, 0.3) is 0 Å². The number of ether oxygens (including phenoxy) is 1. The average molecular weight is 523 g/mol. The molecule has 0 aromatic heterocycles. The molecule has 1 amide bonds. The first-order valence-corrected chi connectivity index (χ1v) is 13.3. The van der Waals surface area contributed by atoms with Crippen molar-refractivity contribution in [3.05, 3.63) is 58.6 Å². The molecule has 6 nitrogen and oxygen atoms in total. The van der Waals surface area contributed by atoms with Crippen LogP contribution in [-0.2, 0) is 19.6 Å². The summed E-state index contributed by atoms with van der Waals surface area (Å²) in [7, 11) is -3.91. The third-order valence-electron chi connectivity index (χ3n) is 5.54. The first-order valence-electron chi connectivity index (χ1n) is 11.1. The highest BCUT2D eigenvalue weighted by atomic mass is 79.9. The summed E-state index contributed by atoms with van der Waals surface area (Å²) in [6.45, 7) is 2.65. The Hall–Kier alpha value is -1.90. The van der Waals surface area contributed by atoms with Crippen LogP contribution in [0.2, 0.25) is 0 Å². The number of nitrogens with zero attached hydrogens (tertiary/aromatic N) is 1. The van der Waals surface area contributed by atoms with Crippen LogP contribution in [0.15, 0.2) is 57.9 Å². The maximum absolute atomic E-state index is 13.4. The summed E-state index contributed by atoms with van der Waals surface area (Å²) in [5.74, 6) is -0.349. The van der Waals surface area contributed by atoms with Gasteiger partial charge in [0.05, 0.1) is 16.7 Å². The first-order chi connectivity index (χ1) is 15.4. The molecule has 1 N–H and O–H groups in total. The largest absolute Gasteiger partial charge is 0.378 e. The number of sulfonamides is 1. The normalized spacial score (nSPS) is 14.8. The number of hydrogen-bond acceptors (Lipinski definition) is 4. The molecule has 0 aliphatic heterocycles. The van der Waals surface area contributed by atoms with Crippen molar-refractivity contribution >= 4 is 37.5 Å². The van der Waals surface area contributed by atoms with E-state index in [1.165, 1.54) is 19.3 Å². The van der Waals surface area contributed by atoms with Gasteiger partial charge in [-0.1, -0.05) is 59.0 Å². The molecule has 0 atom stereocenters. The predicted molar refractivity (Wildman–Crippen MR) is 130 cm³/mol. The number of halogens is 1. The zero-order valence-electron chi connectivity index (χ0n) is 18.4. The summed E-state index contributed by atoms with van der Waals surface area (Å²) in [6.07, 6.45) is 7.01. The third-order valence-corrected chi connectivity index (χ3v) is 7.82. The van der Waals surface area contributed by atoms with Crippen LogP contribution in [0, 0.1) is 6.92 Å². The molecule has 1 fully saturated rings. The fourth-order valence-corrected chi connectivity index (χ4v) is 5.55. The highest BCUT2D eigenvalue weighted by molar-refractivity contribution is 9.10. The maximum Gasteiger partial charge on any atom is 0.264 e. The molecule has 2 aromatic rings. The predicted octanol–water partition coefficient (Wildman–Crippen LogP) is 4.81. The molecule has 0 saturated heterocycles. The second-order valence-electron chi connectivity index (χ2n) is 8.14. The monoisotopic (exact) mass is 522 g/mol. The van der Waals surface area contributed by atoms with Crippen molar-refractivity contribution in [2.45, 2.75) is 56.4 Å². The molecule has 1 aliphatic rings. The van der Waals surface area contributed by atoms with Gasteiger partial charge in [-0.05, 0) is 56.5 Å². The molecule has 0 bridgehead atoms. The smallest absolute Gasteiger partial charge is 0.264 e. The van der Waals surface area contributed by atoms with E-state index in [2.05, 4.69) is 21.2 Å². The van der Waals surface area contributed by atoms with Gasteiger partial charge in [0.15, 0.2) is 0 Å². The van der Waals surface area contributed by atoms with Crippen LogP contribution < -0.4 is 9.62 Å². The highest BCUT2D eigenvalue weighted by Crippen LogP contribution is 2.26. The number of hydrogen-bond donors (Lipinski definition) is 1. The molecule has 0 spiro atoms. The average Bonchev–Trinajstić information content (AvgIpc) is 2.78. The van der Waals surface area contributed by atoms with Crippen LogP contribution in [0.1, 0.15) is 44.1 Å². The Morgan fingerprint density at radius 3 is 2.53 bits per heavy atom. The van der Waals surface area contributed by atoms with Crippen molar-refractivity contribution in [1.82, 2.24) is 5.32 Å². The number of aryl methyl sites for hydroxylation is 1. The molecule has 174 valence electrons. The molecule has 0 radical (unpaired) electrons. The minimum Gasteiger partial charge on any atom is -0.378 e. The van der Waals surface area contributed by atoms with E-state index < -0.39 is 10.0 Å². The van der Waals surface area contributed by atoms with Gasteiger partial charge in [0.2, 0.25) is 5.91 Å². The quantitative estimate of drug-likeness (QED) is 0.454. The summed E-state index contributed by atoms with van der Waals surface area (Å²) >= 11 is 3.39. The van der Waals surface area contributed by atoms with Crippen molar-refractivity contribution in [3.8, 4) is 0 Å². The van der Waals surface area contributed by atoms with E-state index in [1.807, 2.05) is 13.0 Å². The van der Waals surface area contributed by atoms with Crippen LogP contribution >= 0.6 is 15.9 Å². The van der Waals surface area contributed by atoms with Crippen molar-refractivity contribution in [1.29, 1.82) is 0 Å². The first kappa shape index (κ1) is 24.7. The molecule has 0 unspecified atom stereocenters. The standard InChI is InChI=1S/C24H31BrN2O4S/c1-19-11-13-23(14-12-19)32(29,30)27(21-8-5-7-20(25)17-21)18-24(28)26-15-6-16-31-22-9-3-2-4-10-22/h5,7-8,11-14,17,22H,2-4,6,9-10,15-16,18H2,1H3,(H,26,28). The molecule has 8 heteroatoms. The van der Waals surface area contributed by atoms with Gasteiger partial charge in [-0.15, -0.1) is 0 Å². The summed E-state index contributed by atoms with van der Waals surface area (Å²) < 4.78 is 34.5. The lowest BCUT2D eigenvalue weighted by Gasteiger charge is -2.24. The minimum absolute atomic E-state index is 0.150. The Morgan fingerprint density at radius 2 is 1.84 bits per heavy atom. The molecule has 0 heterocycles. The van der Waals surface area contributed by atoms with E-state index in [1.54, 1.807) is 42.5 Å². The van der Waals surface area contributed by atoms with E-state index in [-0.39, 0.29) is 17.3 Å². The van der Waals surface area contributed by atoms with Gasteiger partial charge in [0, 0.05) is 17.6 Å².